The highest BCUT2D eigenvalue weighted by Crippen LogP contribution is 2.39. The molecule has 2 aromatic heterocycles. The van der Waals surface area contributed by atoms with Crippen LogP contribution in [0.2, 0.25) is 5.02 Å². The molecule has 4 rings (SSSR count). The van der Waals surface area contributed by atoms with E-state index in [-0.39, 0.29) is 11.9 Å². The van der Waals surface area contributed by atoms with Crippen molar-refractivity contribution in [2.75, 3.05) is 10.6 Å². The van der Waals surface area contributed by atoms with Gasteiger partial charge in [-0.15, -0.1) is 0 Å². The van der Waals surface area contributed by atoms with E-state index in [2.05, 4.69) is 35.8 Å². The van der Waals surface area contributed by atoms with Gasteiger partial charge in [0, 0.05) is 29.1 Å². The second-order valence-electron chi connectivity index (χ2n) is 6.89. The number of hydrogen-bond acceptors (Lipinski definition) is 6. The lowest BCUT2D eigenvalue weighted by molar-refractivity contribution is 0.626. The molecule has 1 fully saturated rings. The first-order valence-electron chi connectivity index (χ1n) is 9.30. The van der Waals surface area contributed by atoms with Gasteiger partial charge in [-0.3, -0.25) is 5.10 Å². The van der Waals surface area contributed by atoms with Crippen LogP contribution in [0.25, 0.3) is 0 Å². The summed E-state index contributed by atoms with van der Waals surface area (Å²) in [5.41, 5.74) is 1.89. The number of aromatic nitrogens is 5. The van der Waals surface area contributed by atoms with Gasteiger partial charge in [0.1, 0.15) is 11.6 Å². The number of nitrogens with zero attached hydrogens (tertiary/aromatic N) is 4. The van der Waals surface area contributed by atoms with Crippen molar-refractivity contribution in [1.29, 1.82) is 0 Å². The summed E-state index contributed by atoms with van der Waals surface area (Å²) in [4.78, 5) is 13.3. The fourth-order valence-corrected chi connectivity index (χ4v) is 3.27. The van der Waals surface area contributed by atoms with Crippen LogP contribution in [0, 0.1) is 5.82 Å². The van der Waals surface area contributed by atoms with Gasteiger partial charge in [-0.05, 0) is 37.5 Å². The second-order valence-corrected chi connectivity index (χ2v) is 7.30. The Hall–Kier alpha value is -2.74. The quantitative estimate of drug-likeness (QED) is 0.529. The van der Waals surface area contributed by atoms with Crippen molar-refractivity contribution in [2.24, 2.45) is 0 Å². The third-order valence-corrected chi connectivity index (χ3v) is 4.95. The van der Waals surface area contributed by atoms with E-state index >= 15 is 0 Å². The molecule has 0 bridgehead atoms. The van der Waals surface area contributed by atoms with E-state index in [1.165, 1.54) is 25.0 Å². The number of halogens is 2. The average Bonchev–Trinajstić information content (AvgIpc) is 3.41. The molecule has 1 aliphatic carbocycles. The third kappa shape index (κ3) is 4.22. The minimum absolute atomic E-state index is 0.208. The lowest BCUT2D eigenvalue weighted by atomic mass is 10.1. The molecule has 0 spiro atoms. The van der Waals surface area contributed by atoms with Crippen LogP contribution in [-0.2, 0) is 6.42 Å². The SMILES string of the molecule is CCc1nc(Nc2cc(C3CC3)[nH]n2)nc(N[C@H](C)c2ccc(F)cc2Cl)n1. The van der Waals surface area contributed by atoms with Gasteiger partial charge in [0.05, 0.1) is 6.04 Å². The van der Waals surface area contributed by atoms with E-state index in [1.807, 2.05) is 19.9 Å². The van der Waals surface area contributed by atoms with E-state index in [1.54, 1.807) is 6.07 Å². The average molecular weight is 402 g/mol. The molecule has 1 saturated carbocycles. The first-order valence-corrected chi connectivity index (χ1v) is 9.68. The largest absolute Gasteiger partial charge is 0.347 e. The van der Waals surface area contributed by atoms with Crippen LogP contribution < -0.4 is 10.6 Å². The Morgan fingerprint density at radius 2 is 2.00 bits per heavy atom. The predicted molar refractivity (Wildman–Crippen MR) is 106 cm³/mol. The summed E-state index contributed by atoms with van der Waals surface area (Å²) in [5, 5.41) is 14.0. The summed E-state index contributed by atoms with van der Waals surface area (Å²) in [6, 6.07) is 6.11. The molecule has 0 radical (unpaired) electrons. The maximum Gasteiger partial charge on any atom is 0.233 e. The zero-order valence-electron chi connectivity index (χ0n) is 15.6. The van der Waals surface area contributed by atoms with E-state index < -0.39 is 0 Å². The fraction of sp³-hybridized carbons (Fsp3) is 0.368. The van der Waals surface area contributed by atoms with Crippen LogP contribution in [0.1, 0.15) is 55.7 Å². The van der Waals surface area contributed by atoms with E-state index in [9.17, 15) is 4.39 Å². The van der Waals surface area contributed by atoms with Crippen LogP contribution in [0.5, 0.6) is 0 Å². The lowest BCUT2D eigenvalue weighted by Crippen LogP contribution is -2.13. The highest BCUT2D eigenvalue weighted by molar-refractivity contribution is 6.31. The van der Waals surface area contributed by atoms with Gasteiger partial charge >= 0.3 is 0 Å². The molecule has 0 aliphatic heterocycles. The third-order valence-electron chi connectivity index (χ3n) is 4.63. The van der Waals surface area contributed by atoms with Gasteiger partial charge < -0.3 is 10.6 Å². The van der Waals surface area contributed by atoms with E-state index in [4.69, 9.17) is 11.6 Å². The van der Waals surface area contributed by atoms with E-state index in [0.29, 0.717) is 40.9 Å². The molecule has 7 nitrogen and oxygen atoms in total. The molecule has 3 N–H and O–H groups in total. The Bertz CT molecular complexity index is 986. The molecule has 28 heavy (non-hydrogen) atoms. The molecule has 9 heteroatoms. The number of nitrogens with one attached hydrogen (secondary N) is 3. The molecule has 0 amide bonds. The van der Waals surface area contributed by atoms with Gasteiger partial charge in [-0.25, -0.2) is 4.39 Å². The standard InChI is InChI=1S/C19H21ClFN7/c1-3-16-23-18(22-10(2)13-7-6-12(21)8-14(13)20)26-19(24-16)25-17-9-15(27-28-17)11-4-5-11/h6-11H,3-5H2,1-2H3,(H3,22,23,24,25,26,27,28)/t10-/m1/s1. The summed E-state index contributed by atoms with van der Waals surface area (Å²) in [6.45, 7) is 3.89. The number of hydrogen-bond donors (Lipinski definition) is 3. The van der Waals surface area contributed by atoms with Crippen molar-refractivity contribution in [3.8, 4) is 0 Å². The van der Waals surface area contributed by atoms with Crippen molar-refractivity contribution in [3.63, 3.8) is 0 Å². The summed E-state index contributed by atoms with van der Waals surface area (Å²) < 4.78 is 13.3. The van der Waals surface area contributed by atoms with Gasteiger partial charge in [0.25, 0.3) is 0 Å². The molecule has 0 unspecified atom stereocenters. The van der Waals surface area contributed by atoms with Crippen LogP contribution >= 0.6 is 11.6 Å². The normalized spacial score (nSPS) is 14.7. The lowest BCUT2D eigenvalue weighted by Gasteiger charge is -2.16. The van der Waals surface area contributed by atoms with Crippen LogP contribution in [0.3, 0.4) is 0 Å². The smallest absolute Gasteiger partial charge is 0.233 e. The molecule has 1 aliphatic rings. The summed E-state index contributed by atoms with van der Waals surface area (Å²) in [6.07, 6.45) is 3.06. The first-order chi connectivity index (χ1) is 13.5. The maximum atomic E-state index is 13.3. The second kappa shape index (κ2) is 7.71. The van der Waals surface area contributed by atoms with Gasteiger partial charge in [0.2, 0.25) is 11.9 Å². The summed E-state index contributed by atoms with van der Waals surface area (Å²) in [7, 11) is 0. The molecule has 0 saturated heterocycles. The summed E-state index contributed by atoms with van der Waals surface area (Å²) in [5.74, 6) is 2.38. The van der Waals surface area contributed by atoms with E-state index in [0.717, 1.165) is 11.3 Å². The summed E-state index contributed by atoms with van der Waals surface area (Å²) >= 11 is 6.16. The monoisotopic (exact) mass is 401 g/mol. The van der Waals surface area contributed by atoms with Crippen LogP contribution in [0.4, 0.5) is 22.1 Å². The van der Waals surface area contributed by atoms with Crippen molar-refractivity contribution in [1.82, 2.24) is 25.1 Å². The Morgan fingerprint density at radius 3 is 2.71 bits per heavy atom. The number of aryl methyl sites for hydroxylation is 1. The highest BCUT2D eigenvalue weighted by atomic mass is 35.5. The number of aromatic amines is 1. The van der Waals surface area contributed by atoms with Gasteiger partial charge in [0.15, 0.2) is 5.82 Å². The topological polar surface area (TPSA) is 91.4 Å². The highest BCUT2D eigenvalue weighted by Gasteiger charge is 2.25. The number of benzene rings is 1. The Kier molecular flexibility index (Phi) is 5.13. The zero-order valence-corrected chi connectivity index (χ0v) is 16.4. The van der Waals surface area contributed by atoms with Crippen LogP contribution in [-0.4, -0.2) is 25.1 Å². The molecule has 1 atom stereocenters. The Balaban J connectivity index is 1.53. The molecule has 3 aromatic rings. The maximum absolute atomic E-state index is 13.3. The fourth-order valence-electron chi connectivity index (χ4n) is 2.94. The van der Waals surface area contributed by atoms with Crippen molar-refractivity contribution in [2.45, 2.75) is 45.1 Å². The van der Waals surface area contributed by atoms with Crippen molar-refractivity contribution < 1.29 is 4.39 Å². The van der Waals surface area contributed by atoms with Crippen molar-refractivity contribution in [3.05, 3.63) is 52.2 Å². The molecule has 146 valence electrons. The Morgan fingerprint density at radius 1 is 1.21 bits per heavy atom. The molecule has 1 aromatic carbocycles. The molecular formula is C19H21ClFN7. The van der Waals surface area contributed by atoms with Crippen molar-refractivity contribution >= 4 is 29.3 Å². The van der Waals surface area contributed by atoms with Gasteiger partial charge in [-0.2, -0.15) is 20.1 Å². The zero-order chi connectivity index (χ0) is 19.7. The predicted octanol–water partition coefficient (Wildman–Crippen LogP) is 4.74. The number of rotatable bonds is 7. The molecule has 2 heterocycles. The van der Waals surface area contributed by atoms with Gasteiger partial charge in [-0.1, -0.05) is 24.6 Å². The van der Waals surface area contributed by atoms with Crippen LogP contribution in [0.15, 0.2) is 24.3 Å². The minimum Gasteiger partial charge on any atom is -0.347 e. The first kappa shape index (κ1) is 18.6. The Labute approximate surface area is 167 Å². The minimum atomic E-state index is -0.370. The number of anilines is 3. The molecular weight excluding hydrogens is 381 g/mol. The number of H-pyrrole nitrogens is 1.